The van der Waals surface area contributed by atoms with Crippen LogP contribution in [-0.2, 0) is 4.79 Å². The predicted molar refractivity (Wildman–Crippen MR) is 77.5 cm³/mol. The smallest absolute Gasteiger partial charge is 0.268 e. The minimum Gasteiger partial charge on any atom is -0.506 e. The van der Waals surface area contributed by atoms with Crippen molar-refractivity contribution < 1.29 is 24.5 Å². The van der Waals surface area contributed by atoms with E-state index in [1.54, 1.807) is 13.8 Å². The average Bonchev–Trinajstić information content (AvgIpc) is 2.54. The van der Waals surface area contributed by atoms with Gasteiger partial charge in [0.05, 0.1) is 11.1 Å². The number of nitrogens with zero attached hydrogens (tertiary/aromatic N) is 3. The Balaban J connectivity index is 3.62. The molecular formula is C15H14FN3O4. The van der Waals surface area contributed by atoms with Gasteiger partial charge in [0.2, 0.25) is 0 Å². The minimum absolute atomic E-state index is 0.264. The molecule has 8 heteroatoms. The maximum atomic E-state index is 14.0. The lowest BCUT2D eigenvalue weighted by molar-refractivity contribution is -0.126. The van der Waals surface area contributed by atoms with Crippen molar-refractivity contribution in [1.82, 2.24) is 4.90 Å². The number of carbonyl (C=O) groups is 1. The van der Waals surface area contributed by atoms with E-state index < -0.39 is 45.7 Å². The number of phenolic OH excluding ortho intramolecular Hbond substituents is 2. The molecule has 0 atom stereocenters. The molecule has 0 bridgehead atoms. The zero-order chi connectivity index (χ0) is 17.7. The fourth-order valence-electron chi connectivity index (χ4n) is 1.90. The standard InChI is InChI=1S/C15H14FN3O4/c1-3-19(4-2)15(23)10(7-18)13(21)9-5-8(6-17)12(20)14(22)11(9)16/h5,20-22H,3-4H2,1-2H3/b13-10-. The summed E-state index contributed by atoms with van der Waals surface area (Å²) in [6.07, 6.45) is 0. The third-order valence-corrected chi connectivity index (χ3v) is 3.20. The maximum absolute atomic E-state index is 14.0. The van der Waals surface area contributed by atoms with Crippen LogP contribution < -0.4 is 0 Å². The van der Waals surface area contributed by atoms with E-state index in [2.05, 4.69) is 0 Å². The monoisotopic (exact) mass is 319 g/mol. The van der Waals surface area contributed by atoms with E-state index in [-0.39, 0.29) is 13.1 Å². The Morgan fingerprint density at radius 3 is 2.26 bits per heavy atom. The van der Waals surface area contributed by atoms with Crippen LogP contribution in [0.15, 0.2) is 11.6 Å². The van der Waals surface area contributed by atoms with Crippen LogP contribution in [-0.4, -0.2) is 39.2 Å². The molecule has 1 rings (SSSR count). The molecule has 3 N–H and O–H groups in total. The number of hydrogen-bond donors (Lipinski definition) is 3. The summed E-state index contributed by atoms with van der Waals surface area (Å²) < 4.78 is 14.0. The molecule has 0 aromatic heterocycles. The van der Waals surface area contributed by atoms with E-state index in [9.17, 15) is 24.5 Å². The maximum Gasteiger partial charge on any atom is 0.268 e. The molecule has 0 aliphatic rings. The van der Waals surface area contributed by atoms with Crippen molar-refractivity contribution in [3.63, 3.8) is 0 Å². The molecule has 23 heavy (non-hydrogen) atoms. The molecule has 120 valence electrons. The zero-order valence-corrected chi connectivity index (χ0v) is 12.5. The second-order valence-electron chi connectivity index (χ2n) is 4.41. The quantitative estimate of drug-likeness (QED) is 0.336. The van der Waals surface area contributed by atoms with Crippen molar-refractivity contribution in [3.8, 4) is 23.6 Å². The summed E-state index contributed by atoms with van der Waals surface area (Å²) >= 11 is 0. The molecule has 0 aliphatic carbocycles. The number of halogens is 1. The number of phenols is 2. The topological polar surface area (TPSA) is 129 Å². The first kappa shape index (κ1) is 17.8. The van der Waals surface area contributed by atoms with Crippen LogP contribution in [0.3, 0.4) is 0 Å². The lowest BCUT2D eigenvalue weighted by atomic mass is 10.0. The summed E-state index contributed by atoms with van der Waals surface area (Å²) in [7, 11) is 0. The summed E-state index contributed by atoms with van der Waals surface area (Å²) in [4.78, 5) is 13.4. The highest BCUT2D eigenvalue weighted by atomic mass is 19.1. The number of benzene rings is 1. The molecule has 0 saturated carbocycles. The van der Waals surface area contributed by atoms with Gasteiger partial charge in [-0.1, -0.05) is 0 Å². The molecule has 0 spiro atoms. The van der Waals surface area contributed by atoms with E-state index in [0.29, 0.717) is 0 Å². The van der Waals surface area contributed by atoms with Gasteiger partial charge < -0.3 is 20.2 Å². The molecule has 1 aromatic rings. The Morgan fingerprint density at radius 1 is 1.26 bits per heavy atom. The van der Waals surface area contributed by atoms with Gasteiger partial charge in [0.1, 0.15) is 17.9 Å². The van der Waals surface area contributed by atoms with Gasteiger partial charge >= 0.3 is 0 Å². The Hall–Kier alpha value is -3.26. The molecule has 0 unspecified atom stereocenters. The molecule has 0 radical (unpaired) electrons. The summed E-state index contributed by atoms with van der Waals surface area (Å²) in [5.41, 5.74) is -1.98. The number of aliphatic hydroxyl groups is 1. The SMILES string of the molecule is CCN(CC)C(=O)/C(C#N)=C(\O)c1cc(C#N)c(O)c(O)c1F. The fourth-order valence-corrected chi connectivity index (χ4v) is 1.90. The third kappa shape index (κ3) is 3.16. The van der Waals surface area contributed by atoms with Crippen molar-refractivity contribution >= 4 is 11.7 Å². The van der Waals surface area contributed by atoms with Crippen molar-refractivity contribution in [2.75, 3.05) is 13.1 Å². The Labute approximate surface area is 131 Å². The van der Waals surface area contributed by atoms with Crippen molar-refractivity contribution in [2.45, 2.75) is 13.8 Å². The molecule has 1 aromatic carbocycles. The first-order valence-corrected chi connectivity index (χ1v) is 6.61. The number of amides is 1. The number of rotatable bonds is 4. The van der Waals surface area contributed by atoms with Gasteiger partial charge in [0.15, 0.2) is 22.9 Å². The highest BCUT2D eigenvalue weighted by molar-refractivity contribution is 6.03. The summed E-state index contributed by atoms with van der Waals surface area (Å²) in [6, 6.07) is 3.74. The van der Waals surface area contributed by atoms with E-state index in [1.165, 1.54) is 17.0 Å². The van der Waals surface area contributed by atoms with Crippen molar-refractivity contribution in [1.29, 1.82) is 10.5 Å². The molecule has 0 aliphatic heterocycles. The summed E-state index contributed by atoms with van der Waals surface area (Å²) in [5, 5.41) is 46.9. The van der Waals surface area contributed by atoms with Crippen LogP contribution in [0, 0.1) is 28.5 Å². The number of nitriles is 2. The van der Waals surface area contributed by atoms with Crippen LogP contribution in [0.4, 0.5) is 4.39 Å². The first-order valence-electron chi connectivity index (χ1n) is 6.61. The Morgan fingerprint density at radius 2 is 1.83 bits per heavy atom. The van der Waals surface area contributed by atoms with Gasteiger partial charge in [-0.3, -0.25) is 4.79 Å². The van der Waals surface area contributed by atoms with Gasteiger partial charge in [-0.2, -0.15) is 10.5 Å². The summed E-state index contributed by atoms with van der Waals surface area (Å²) in [5.74, 6) is -5.53. The molecular weight excluding hydrogens is 305 g/mol. The van der Waals surface area contributed by atoms with Crippen LogP contribution >= 0.6 is 0 Å². The molecule has 1 amide bonds. The molecule has 0 saturated heterocycles. The lowest BCUT2D eigenvalue weighted by Gasteiger charge is -2.18. The Bertz CT molecular complexity index is 755. The van der Waals surface area contributed by atoms with Crippen LogP contribution in [0.5, 0.6) is 11.5 Å². The Kier molecular flexibility index (Phi) is 5.52. The van der Waals surface area contributed by atoms with Gasteiger partial charge in [0, 0.05) is 13.1 Å². The predicted octanol–water partition coefficient (Wildman–Crippen LogP) is 1.77. The largest absolute Gasteiger partial charge is 0.506 e. The average molecular weight is 319 g/mol. The van der Waals surface area contributed by atoms with Gasteiger partial charge in [-0.05, 0) is 19.9 Å². The fraction of sp³-hybridized carbons (Fsp3) is 0.267. The number of aromatic hydroxyl groups is 2. The minimum atomic E-state index is -1.45. The van der Waals surface area contributed by atoms with Gasteiger partial charge in [-0.25, -0.2) is 4.39 Å². The highest BCUT2D eigenvalue weighted by Gasteiger charge is 2.26. The van der Waals surface area contributed by atoms with Crippen molar-refractivity contribution in [3.05, 3.63) is 28.6 Å². The van der Waals surface area contributed by atoms with E-state index >= 15 is 0 Å². The van der Waals surface area contributed by atoms with E-state index in [1.807, 2.05) is 0 Å². The normalized spacial score (nSPS) is 11.2. The van der Waals surface area contributed by atoms with Gasteiger partial charge in [0.25, 0.3) is 5.91 Å². The number of aliphatic hydroxyl groups excluding tert-OH is 1. The molecule has 0 fully saturated rings. The van der Waals surface area contributed by atoms with Crippen LogP contribution in [0.1, 0.15) is 25.0 Å². The zero-order valence-electron chi connectivity index (χ0n) is 12.5. The van der Waals surface area contributed by atoms with E-state index in [0.717, 1.165) is 6.07 Å². The van der Waals surface area contributed by atoms with Gasteiger partial charge in [-0.15, -0.1) is 0 Å². The second-order valence-corrected chi connectivity index (χ2v) is 4.41. The van der Waals surface area contributed by atoms with Crippen molar-refractivity contribution in [2.24, 2.45) is 0 Å². The molecule has 0 heterocycles. The summed E-state index contributed by atoms with van der Waals surface area (Å²) in [6.45, 7) is 3.85. The van der Waals surface area contributed by atoms with E-state index in [4.69, 9.17) is 10.5 Å². The first-order chi connectivity index (χ1) is 10.8. The lowest BCUT2D eigenvalue weighted by Crippen LogP contribution is -2.32. The molecule has 7 nitrogen and oxygen atoms in total. The van der Waals surface area contributed by atoms with Crippen LogP contribution in [0.25, 0.3) is 5.76 Å². The second kappa shape index (κ2) is 7.14. The van der Waals surface area contributed by atoms with Crippen LogP contribution in [0.2, 0.25) is 0 Å². The number of carbonyl (C=O) groups excluding carboxylic acids is 1. The number of hydrogen-bond acceptors (Lipinski definition) is 6. The number of likely N-dealkylation sites (N-methyl/N-ethyl adjacent to an activating group) is 1. The third-order valence-electron chi connectivity index (χ3n) is 3.20. The highest BCUT2D eigenvalue weighted by Crippen LogP contribution is 2.36.